The molecule has 2 aromatic carbocycles. The van der Waals surface area contributed by atoms with Gasteiger partial charge in [-0.05, 0) is 67.6 Å². The van der Waals surface area contributed by atoms with E-state index in [1.807, 2.05) is 0 Å². The summed E-state index contributed by atoms with van der Waals surface area (Å²) in [6.45, 7) is -0.921. The van der Waals surface area contributed by atoms with Crippen molar-refractivity contribution in [3.63, 3.8) is 0 Å². The van der Waals surface area contributed by atoms with Crippen LogP contribution in [0.25, 0.3) is 32.4 Å². The van der Waals surface area contributed by atoms with Crippen LogP contribution in [0.3, 0.4) is 0 Å². The summed E-state index contributed by atoms with van der Waals surface area (Å²) in [4.78, 5) is 29.6. The van der Waals surface area contributed by atoms with Gasteiger partial charge in [-0.2, -0.15) is 26.3 Å². The number of hydrogen-bond donors (Lipinski definition) is 0. The fourth-order valence-electron chi connectivity index (χ4n) is 9.76. The molecule has 2 saturated carbocycles. The highest BCUT2D eigenvalue weighted by Crippen LogP contribution is 2.48. The van der Waals surface area contributed by atoms with Gasteiger partial charge in [0, 0.05) is 78.7 Å². The standard InChI is InChI=1S/C23H25ClF5NO5.C23H25F5N4O5/c1-32-20(31)19-18(16-12-15(23(27,28)29)2-3-17(16)35-19)30(9-8-24)13-22(25,26)14-4-6-21(7-5-14)33-10-11-34-21;1-34-20(33)19-18(16-12-15(23(26,27)28)2-3-17(16)37-19)32(9-8-30-31-29)13-22(24,25)14-4-6-21(7-5-14)35-10-11-36-21/h2-3,12,14H,4-11,13H2,1H3;2-3,12,14H,4-11,13H2,1H3. The number of methoxy groups -OCH3 is 2. The summed E-state index contributed by atoms with van der Waals surface area (Å²) in [5.74, 6) is -13.5. The van der Waals surface area contributed by atoms with Gasteiger partial charge in [0.2, 0.25) is 11.5 Å². The monoisotopic (exact) mass is 1060 g/mol. The Labute approximate surface area is 409 Å². The van der Waals surface area contributed by atoms with Crippen molar-refractivity contribution in [2.45, 2.75) is 87.1 Å². The number of rotatable bonds is 15. The van der Waals surface area contributed by atoms with E-state index in [0.717, 1.165) is 60.4 Å². The zero-order valence-electron chi connectivity index (χ0n) is 38.8. The van der Waals surface area contributed by atoms with E-state index < -0.39 is 95.3 Å². The number of alkyl halides is 11. The van der Waals surface area contributed by atoms with E-state index in [0.29, 0.717) is 39.3 Å². The topological polar surface area (TPSA) is 171 Å². The van der Waals surface area contributed by atoms with E-state index in [4.69, 9.17) is 54.4 Å². The van der Waals surface area contributed by atoms with Crippen molar-refractivity contribution >= 4 is 56.9 Å². The summed E-state index contributed by atoms with van der Waals surface area (Å²) in [5, 5.41) is 3.06. The Morgan fingerprint density at radius 2 is 1.04 bits per heavy atom. The van der Waals surface area contributed by atoms with Crippen molar-refractivity contribution in [1.29, 1.82) is 0 Å². The summed E-state index contributed by atoms with van der Waals surface area (Å²) in [6.07, 6.45) is -7.71. The second-order valence-electron chi connectivity index (χ2n) is 17.7. The third kappa shape index (κ3) is 11.9. The van der Waals surface area contributed by atoms with Gasteiger partial charge >= 0.3 is 24.3 Å². The maximum Gasteiger partial charge on any atom is 0.416 e. The molecule has 8 rings (SSSR count). The Kier molecular flexibility index (Phi) is 16.5. The van der Waals surface area contributed by atoms with Crippen LogP contribution in [-0.4, -0.2) is 115 Å². The molecule has 26 heteroatoms. The maximum atomic E-state index is 15.7. The van der Waals surface area contributed by atoms with Crippen molar-refractivity contribution in [2.24, 2.45) is 17.0 Å². The van der Waals surface area contributed by atoms with Crippen LogP contribution in [-0.2, 0) is 40.8 Å². The quantitative estimate of drug-likeness (QED) is 0.0276. The average Bonchev–Trinajstić information content (AvgIpc) is 4.16. The van der Waals surface area contributed by atoms with E-state index in [-0.39, 0.29) is 97.4 Å². The van der Waals surface area contributed by atoms with E-state index in [1.54, 1.807) is 0 Å². The first-order valence-corrected chi connectivity index (χ1v) is 23.3. The van der Waals surface area contributed by atoms with E-state index in [9.17, 15) is 35.9 Å². The number of nitrogens with zero attached hydrogens (tertiary/aromatic N) is 5. The van der Waals surface area contributed by atoms with Gasteiger partial charge in [0.15, 0.2) is 11.6 Å². The molecular weight excluding hydrogens is 1010 g/mol. The van der Waals surface area contributed by atoms with Gasteiger partial charge in [-0.25, -0.2) is 27.2 Å². The maximum absolute atomic E-state index is 15.7. The number of hydrogen-bond acceptors (Lipinski definition) is 13. The van der Waals surface area contributed by atoms with Crippen molar-refractivity contribution in [2.75, 3.05) is 89.1 Å². The minimum atomic E-state index is -4.73. The van der Waals surface area contributed by atoms with Crippen LogP contribution in [0.1, 0.15) is 83.6 Å². The molecule has 0 radical (unpaired) electrons. The van der Waals surface area contributed by atoms with Crippen molar-refractivity contribution < 1.29 is 90.7 Å². The molecule has 2 aliphatic carbocycles. The normalized spacial score (nSPS) is 19.3. The number of carbonyl (C=O) groups excluding carboxylic acids is 2. The number of anilines is 2. The summed E-state index contributed by atoms with van der Waals surface area (Å²) >= 11 is 5.88. The minimum Gasteiger partial charge on any atom is -0.463 e. The number of halogens is 11. The lowest BCUT2D eigenvalue weighted by Gasteiger charge is -2.40. The molecule has 15 nitrogen and oxygen atoms in total. The lowest BCUT2D eigenvalue weighted by atomic mass is 9.81. The molecule has 2 aromatic heterocycles. The van der Waals surface area contributed by atoms with Crippen LogP contribution < -0.4 is 9.80 Å². The highest BCUT2D eigenvalue weighted by Gasteiger charge is 2.51. The number of azide groups is 1. The van der Waals surface area contributed by atoms with Gasteiger partial charge in [0.25, 0.3) is 11.8 Å². The van der Waals surface area contributed by atoms with E-state index in [2.05, 4.69) is 10.0 Å². The van der Waals surface area contributed by atoms with Gasteiger partial charge in [0.1, 0.15) is 11.2 Å². The molecule has 0 N–H and O–H groups in total. The first-order valence-electron chi connectivity index (χ1n) is 22.8. The van der Waals surface area contributed by atoms with Crippen molar-refractivity contribution in [3.8, 4) is 0 Å². The van der Waals surface area contributed by atoms with Gasteiger partial charge < -0.3 is 47.1 Å². The Hall–Kier alpha value is -5.20. The molecule has 4 aliphatic rings. The number of fused-ring (bicyclic) bond motifs is 2. The third-order valence-electron chi connectivity index (χ3n) is 13.4. The predicted molar refractivity (Wildman–Crippen MR) is 237 cm³/mol. The lowest BCUT2D eigenvalue weighted by Crippen LogP contribution is -2.47. The van der Waals surface area contributed by atoms with Crippen molar-refractivity contribution in [3.05, 3.63) is 69.5 Å². The van der Waals surface area contributed by atoms with Gasteiger partial charge in [-0.15, -0.1) is 11.6 Å². The smallest absolute Gasteiger partial charge is 0.416 e. The van der Waals surface area contributed by atoms with Crippen LogP contribution in [0, 0.1) is 11.8 Å². The summed E-state index contributed by atoms with van der Waals surface area (Å²) in [5.41, 5.74) is 5.96. The fourth-order valence-corrected chi connectivity index (χ4v) is 9.97. The number of furan rings is 2. The molecule has 2 saturated heterocycles. The van der Waals surface area contributed by atoms with Crippen LogP contribution in [0.15, 0.2) is 50.3 Å². The summed E-state index contributed by atoms with van der Waals surface area (Å²) in [6, 6.07) is 5.13. The SMILES string of the molecule is COC(=O)c1oc2ccc(C(F)(F)F)cc2c1N(CCCl)CC(F)(F)C1CCC2(CC1)OCCO2.COC(=O)c1oc2ccc(C(F)(F)F)cc2c1N(CCN=[N+]=[N-])CC(F)(F)C1CCC2(CC1)OCCO2. The summed E-state index contributed by atoms with van der Waals surface area (Å²) < 4.78 is 186. The molecule has 2 aliphatic heterocycles. The zero-order chi connectivity index (χ0) is 52.3. The molecule has 396 valence electrons. The van der Waals surface area contributed by atoms with Gasteiger partial charge in [-0.1, -0.05) is 5.11 Å². The second kappa shape index (κ2) is 21.7. The molecule has 4 fully saturated rings. The second-order valence-corrected chi connectivity index (χ2v) is 18.1. The number of benzene rings is 2. The average molecular weight is 1060 g/mol. The molecule has 0 bridgehead atoms. The fraction of sp³-hybridized carbons (Fsp3) is 0.609. The van der Waals surface area contributed by atoms with Crippen LogP contribution in [0.2, 0.25) is 0 Å². The molecule has 0 unspecified atom stereocenters. The highest BCUT2D eigenvalue weighted by molar-refractivity contribution is 6.18. The van der Waals surface area contributed by atoms with E-state index >= 15 is 17.6 Å². The first kappa shape index (κ1) is 54.6. The van der Waals surface area contributed by atoms with Crippen LogP contribution in [0.5, 0.6) is 0 Å². The van der Waals surface area contributed by atoms with Gasteiger partial charge in [-0.3, -0.25) is 0 Å². The predicted octanol–water partition coefficient (Wildman–Crippen LogP) is 11.8. The molecule has 0 amide bonds. The Morgan fingerprint density at radius 1 is 0.667 bits per heavy atom. The van der Waals surface area contributed by atoms with Crippen LogP contribution >= 0.6 is 11.6 Å². The Balaban J connectivity index is 0.000000212. The first-order chi connectivity index (χ1) is 34.0. The largest absolute Gasteiger partial charge is 0.463 e. The number of ether oxygens (including phenoxy) is 6. The minimum absolute atomic E-state index is 0.0635. The van der Waals surface area contributed by atoms with Crippen LogP contribution in [0.4, 0.5) is 55.3 Å². The van der Waals surface area contributed by atoms with E-state index in [1.165, 1.54) is 0 Å². The molecule has 72 heavy (non-hydrogen) atoms. The lowest BCUT2D eigenvalue weighted by molar-refractivity contribution is -0.197. The number of carbonyl (C=O) groups is 2. The third-order valence-corrected chi connectivity index (χ3v) is 13.5. The molecule has 0 atom stereocenters. The molecule has 2 spiro atoms. The molecule has 4 aromatic rings. The zero-order valence-corrected chi connectivity index (χ0v) is 39.6. The van der Waals surface area contributed by atoms with Crippen molar-refractivity contribution in [1.82, 2.24) is 0 Å². The summed E-state index contributed by atoms with van der Waals surface area (Å²) in [7, 11) is 2.09. The highest BCUT2D eigenvalue weighted by atomic mass is 35.5. The Morgan fingerprint density at radius 3 is 1.38 bits per heavy atom. The molecule has 4 heterocycles. The Bertz CT molecular complexity index is 2590. The van der Waals surface area contributed by atoms with Gasteiger partial charge in [0.05, 0.1) is 76.2 Å². The number of esters is 2. The molecular formula is C46H50ClF10N5O10.